The van der Waals surface area contributed by atoms with E-state index < -0.39 is 23.2 Å². The highest BCUT2D eigenvalue weighted by Crippen LogP contribution is 2.14. The molecule has 0 spiro atoms. The monoisotopic (exact) mass is 283 g/mol. The Balaban J connectivity index is 3.15. The fourth-order valence-corrected chi connectivity index (χ4v) is 1.31. The smallest absolute Gasteiger partial charge is 0.350 e. The molecule has 0 fully saturated rings. The van der Waals surface area contributed by atoms with E-state index in [9.17, 15) is 14.4 Å². The standard InChI is InChI=1S/C12H17N3O5/c1-12(2,3)20-10(17)7-5-15(6-8(16)19-4)11(18)14-9(7)13/h5H,6H2,1-4H3,(H2,13,14,18). The van der Waals surface area contributed by atoms with Crippen molar-refractivity contribution in [1.29, 1.82) is 0 Å². The maximum atomic E-state index is 11.9. The first-order valence-corrected chi connectivity index (χ1v) is 5.81. The number of carbonyl (C=O) groups excluding carboxylic acids is 2. The van der Waals surface area contributed by atoms with Crippen LogP contribution in [-0.2, 0) is 20.8 Å². The molecular weight excluding hydrogens is 266 g/mol. The van der Waals surface area contributed by atoms with E-state index in [0.717, 1.165) is 10.8 Å². The molecular formula is C12H17N3O5. The molecule has 0 amide bonds. The maximum Gasteiger partial charge on any atom is 0.350 e. The Morgan fingerprint density at radius 1 is 1.40 bits per heavy atom. The lowest BCUT2D eigenvalue weighted by Crippen LogP contribution is -2.31. The Bertz CT molecular complexity index is 586. The summed E-state index contributed by atoms with van der Waals surface area (Å²) in [5.41, 5.74) is 3.99. The minimum Gasteiger partial charge on any atom is -0.468 e. The van der Waals surface area contributed by atoms with E-state index in [0.29, 0.717) is 0 Å². The van der Waals surface area contributed by atoms with Gasteiger partial charge >= 0.3 is 17.6 Å². The highest BCUT2D eigenvalue weighted by molar-refractivity contribution is 5.93. The van der Waals surface area contributed by atoms with Crippen molar-refractivity contribution in [2.24, 2.45) is 0 Å². The number of anilines is 1. The fourth-order valence-electron chi connectivity index (χ4n) is 1.31. The van der Waals surface area contributed by atoms with Crippen LogP contribution >= 0.6 is 0 Å². The van der Waals surface area contributed by atoms with E-state index >= 15 is 0 Å². The topological polar surface area (TPSA) is 114 Å². The van der Waals surface area contributed by atoms with Gasteiger partial charge in [-0.15, -0.1) is 0 Å². The number of carbonyl (C=O) groups is 2. The van der Waals surface area contributed by atoms with Crippen LogP contribution in [0.1, 0.15) is 31.1 Å². The van der Waals surface area contributed by atoms with Crippen LogP contribution in [0.15, 0.2) is 11.0 Å². The molecule has 110 valence electrons. The van der Waals surface area contributed by atoms with Crippen LogP contribution in [0.25, 0.3) is 0 Å². The lowest BCUT2D eigenvalue weighted by Gasteiger charge is -2.20. The van der Waals surface area contributed by atoms with Gasteiger partial charge in [0.15, 0.2) is 0 Å². The molecule has 1 aromatic heterocycles. The number of ether oxygens (including phenoxy) is 2. The van der Waals surface area contributed by atoms with Crippen LogP contribution in [-0.4, -0.2) is 34.2 Å². The van der Waals surface area contributed by atoms with Crippen LogP contribution in [0, 0.1) is 0 Å². The SMILES string of the molecule is COC(=O)Cn1cc(C(=O)OC(C)(C)C)c(N)nc1=O. The second kappa shape index (κ2) is 5.72. The third-order valence-corrected chi connectivity index (χ3v) is 2.17. The van der Waals surface area contributed by atoms with Gasteiger partial charge in [0.2, 0.25) is 0 Å². The molecule has 0 atom stereocenters. The largest absolute Gasteiger partial charge is 0.468 e. The van der Waals surface area contributed by atoms with Crippen LogP contribution in [0.3, 0.4) is 0 Å². The Morgan fingerprint density at radius 3 is 2.50 bits per heavy atom. The zero-order valence-corrected chi connectivity index (χ0v) is 11.8. The van der Waals surface area contributed by atoms with E-state index in [1.165, 1.54) is 7.11 Å². The molecule has 2 N–H and O–H groups in total. The van der Waals surface area contributed by atoms with Crippen LogP contribution in [0.5, 0.6) is 0 Å². The molecule has 0 aliphatic rings. The van der Waals surface area contributed by atoms with Crippen molar-refractivity contribution in [3.8, 4) is 0 Å². The van der Waals surface area contributed by atoms with Gasteiger partial charge in [-0.3, -0.25) is 9.36 Å². The highest BCUT2D eigenvalue weighted by Gasteiger charge is 2.22. The van der Waals surface area contributed by atoms with Gasteiger partial charge in [0.1, 0.15) is 23.5 Å². The quantitative estimate of drug-likeness (QED) is 0.774. The Morgan fingerprint density at radius 2 is 2.00 bits per heavy atom. The zero-order chi connectivity index (χ0) is 15.5. The molecule has 0 radical (unpaired) electrons. The van der Waals surface area contributed by atoms with Gasteiger partial charge in [0.05, 0.1) is 7.11 Å². The van der Waals surface area contributed by atoms with Crippen LogP contribution in [0.4, 0.5) is 5.82 Å². The summed E-state index contributed by atoms with van der Waals surface area (Å²) < 4.78 is 10.5. The van der Waals surface area contributed by atoms with Crippen molar-refractivity contribution in [3.63, 3.8) is 0 Å². The number of hydrogen-bond acceptors (Lipinski definition) is 7. The van der Waals surface area contributed by atoms with Crippen molar-refractivity contribution in [3.05, 3.63) is 22.2 Å². The summed E-state index contributed by atoms with van der Waals surface area (Å²) in [6.45, 7) is 4.72. The number of rotatable bonds is 3. The van der Waals surface area contributed by atoms with E-state index in [1.807, 2.05) is 0 Å². The average molecular weight is 283 g/mol. The number of hydrogen-bond donors (Lipinski definition) is 1. The molecule has 0 aromatic carbocycles. The van der Waals surface area contributed by atoms with Gasteiger partial charge in [0, 0.05) is 6.20 Å². The van der Waals surface area contributed by atoms with Gasteiger partial charge in [-0.1, -0.05) is 0 Å². The Labute approximate surface area is 115 Å². The van der Waals surface area contributed by atoms with Crippen molar-refractivity contribution in [2.45, 2.75) is 32.9 Å². The summed E-state index contributed by atoms with van der Waals surface area (Å²) in [5, 5.41) is 0. The van der Waals surface area contributed by atoms with Crippen molar-refractivity contribution < 1.29 is 19.1 Å². The minimum atomic E-state index is -0.750. The molecule has 0 bridgehead atoms. The molecule has 0 aliphatic heterocycles. The predicted octanol–water partition coefficient (Wildman–Crippen LogP) is -0.0462. The normalized spacial score (nSPS) is 11.0. The third kappa shape index (κ3) is 4.08. The first-order chi connectivity index (χ1) is 9.14. The van der Waals surface area contributed by atoms with Gasteiger partial charge in [0.25, 0.3) is 0 Å². The third-order valence-electron chi connectivity index (χ3n) is 2.17. The number of aromatic nitrogens is 2. The summed E-state index contributed by atoms with van der Waals surface area (Å²) in [4.78, 5) is 38.1. The number of esters is 2. The van der Waals surface area contributed by atoms with E-state index in [4.69, 9.17) is 10.5 Å². The van der Waals surface area contributed by atoms with Crippen molar-refractivity contribution >= 4 is 17.8 Å². The first kappa shape index (κ1) is 15.7. The molecule has 1 aromatic rings. The molecule has 1 heterocycles. The Kier molecular flexibility index (Phi) is 4.49. The van der Waals surface area contributed by atoms with Crippen LogP contribution < -0.4 is 11.4 Å². The summed E-state index contributed by atoms with van der Waals surface area (Å²) in [6, 6.07) is 0. The van der Waals surface area contributed by atoms with E-state index in [-0.39, 0.29) is 17.9 Å². The molecule has 0 saturated carbocycles. The second-order valence-electron chi connectivity index (χ2n) is 5.03. The van der Waals surface area contributed by atoms with Gasteiger partial charge < -0.3 is 15.2 Å². The summed E-state index contributed by atoms with van der Waals surface area (Å²) in [7, 11) is 1.19. The number of nitrogens with two attached hydrogens (primary N) is 1. The van der Waals surface area contributed by atoms with Gasteiger partial charge in [-0.25, -0.2) is 9.59 Å². The summed E-state index contributed by atoms with van der Waals surface area (Å²) in [6.07, 6.45) is 1.13. The van der Waals surface area contributed by atoms with E-state index in [1.54, 1.807) is 20.8 Å². The lowest BCUT2D eigenvalue weighted by molar-refractivity contribution is -0.141. The summed E-state index contributed by atoms with van der Waals surface area (Å²) >= 11 is 0. The van der Waals surface area contributed by atoms with Gasteiger partial charge in [-0.05, 0) is 20.8 Å². The van der Waals surface area contributed by atoms with Crippen molar-refractivity contribution in [2.75, 3.05) is 12.8 Å². The molecule has 1 rings (SSSR count). The predicted molar refractivity (Wildman–Crippen MR) is 70.1 cm³/mol. The van der Waals surface area contributed by atoms with E-state index in [2.05, 4.69) is 9.72 Å². The minimum absolute atomic E-state index is 0.0802. The second-order valence-corrected chi connectivity index (χ2v) is 5.03. The molecule has 0 aliphatic carbocycles. The maximum absolute atomic E-state index is 11.9. The molecule has 20 heavy (non-hydrogen) atoms. The highest BCUT2D eigenvalue weighted by atomic mass is 16.6. The first-order valence-electron chi connectivity index (χ1n) is 5.81. The number of nitrogen functional groups attached to an aromatic ring is 1. The summed E-state index contributed by atoms with van der Waals surface area (Å²) in [5.74, 6) is -1.61. The Hall–Kier alpha value is -2.38. The van der Waals surface area contributed by atoms with Gasteiger partial charge in [-0.2, -0.15) is 4.98 Å². The molecule has 8 heteroatoms. The molecule has 0 unspecified atom stereocenters. The fraction of sp³-hybridized carbons (Fsp3) is 0.500. The van der Waals surface area contributed by atoms with Crippen LogP contribution in [0.2, 0.25) is 0 Å². The number of nitrogens with zero attached hydrogens (tertiary/aromatic N) is 2. The molecule has 8 nitrogen and oxygen atoms in total. The lowest BCUT2D eigenvalue weighted by atomic mass is 10.2. The molecule has 0 saturated heterocycles. The average Bonchev–Trinajstić information content (AvgIpc) is 2.29. The zero-order valence-electron chi connectivity index (χ0n) is 11.8. The van der Waals surface area contributed by atoms with Crippen molar-refractivity contribution in [1.82, 2.24) is 9.55 Å². The number of methoxy groups -OCH3 is 1.